The molecule has 1 rings (SSSR count). The molecule has 0 radical (unpaired) electrons. The van der Waals surface area contributed by atoms with Gasteiger partial charge in [-0.1, -0.05) is 6.92 Å². The predicted molar refractivity (Wildman–Crippen MR) is 53.0 cm³/mol. The highest BCUT2D eigenvalue weighted by molar-refractivity contribution is 8.11. The van der Waals surface area contributed by atoms with Crippen molar-refractivity contribution in [3.63, 3.8) is 0 Å². The van der Waals surface area contributed by atoms with Crippen LogP contribution >= 0.6 is 10.7 Å². The summed E-state index contributed by atoms with van der Waals surface area (Å²) in [4.78, 5) is 2.03. The molecule has 0 aliphatic carbocycles. The van der Waals surface area contributed by atoms with Gasteiger partial charge in [0, 0.05) is 29.8 Å². The summed E-state index contributed by atoms with van der Waals surface area (Å²) in [5, 5.41) is 0. The molecule has 0 aromatic heterocycles. The van der Waals surface area contributed by atoms with Crippen molar-refractivity contribution >= 4 is 19.9 Å². The summed E-state index contributed by atoms with van der Waals surface area (Å²) in [5.41, 5.74) is 0. The number of nitrogens with zero attached hydrogens (tertiary/aromatic N) is 2. The van der Waals surface area contributed by atoms with Gasteiger partial charge in [-0.25, -0.2) is 0 Å². The van der Waals surface area contributed by atoms with Crippen LogP contribution in [0.15, 0.2) is 0 Å². The molecule has 2 atom stereocenters. The molecule has 1 heterocycles. The number of halogens is 1. The molecule has 13 heavy (non-hydrogen) atoms. The Labute approximate surface area is 84.0 Å². The first-order chi connectivity index (χ1) is 5.82. The van der Waals surface area contributed by atoms with Crippen LogP contribution in [0.25, 0.3) is 0 Å². The van der Waals surface area contributed by atoms with E-state index in [9.17, 15) is 8.42 Å². The molecule has 1 aliphatic rings. The minimum Gasteiger partial charge on any atom is -0.305 e. The third-order valence-corrected chi connectivity index (χ3v) is 4.01. The third-order valence-electron chi connectivity index (χ3n) is 2.51. The average Bonchev–Trinajstić information content (AvgIpc) is 2.29. The average molecular weight is 227 g/mol. The van der Waals surface area contributed by atoms with Gasteiger partial charge in [0.05, 0.1) is 0 Å². The van der Waals surface area contributed by atoms with Gasteiger partial charge in [0.15, 0.2) is 0 Å². The second kappa shape index (κ2) is 3.73. The Balaban J connectivity index is 2.71. The van der Waals surface area contributed by atoms with Crippen molar-refractivity contribution < 1.29 is 8.42 Å². The topological polar surface area (TPSA) is 40.6 Å². The fourth-order valence-corrected chi connectivity index (χ4v) is 2.84. The second-order valence-electron chi connectivity index (χ2n) is 3.77. The Morgan fingerprint density at radius 2 is 1.92 bits per heavy atom. The Kier molecular flexibility index (Phi) is 3.22. The molecule has 2 unspecified atom stereocenters. The van der Waals surface area contributed by atoms with E-state index in [1.165, 1.54) is 4.31 Å². The van der Waals surface area contributed by atoms with Gasteiger partial charge < -0.3 is 4.90 Å². The van der Waals surface area contributed by atoms with E-state index in [1.54, 1.807) is 0 Å². The van der Waals surface area contributed by atoms with Gasteiger partial charge in [-0.15, -0.1) is 0 Å². The van der Waals surface area contributed by atoms with E-state index in [4.69, 9.17) is 10.7 Å². The Hall–Kier alpha value is 0.160. The molecule has 0 spiro atoms. The monoisotopic (exact) mass is 226 g/mol. The summed E-state index contributed by atoms with van der Waals surface area (Å²) in [6.07, 6.45) is 0. The lowest BCUT2D eigenvalue weighted by Gasteiger charge is -2.22. The van der Waals surface area contributed by atoms with Crippen LogP contribution in [-0.4, -0.2) is 50.8 Å². The van der Waals surface area contributed by atoms with E-state index < -0.39 is 9.24 Å². The Morgan fingerprint density at radius 3 is 2.15 bits per heavy atom. The van der Waals surface area contributed by atoms with Crippen molar-refractivity contribution in [3.05, 3.63) is 0 Å². The van der Waals surface area contributed by atoms with Gasteiger partial charge in [-0.05, 0) is 20.0 Å². The van der Waals surface area contributed by atoms with Crippen molar-refractivity contribution in [1.82, 2.24) is 9.21 Å². The maximum atomic E-state index is 11.0. The number of hydrogen-bond acceptors (Lipinski definition) is 3. The lowest BCUT2D eigenvalue weighted by atomic mass is 10.1. The van der Waals surface area contributed by atoms with Crippen molar-refractivity contribution in [2.24, 2.45) is 5.92 Å². The van der Waals surface area contributed by atoms with Crippen LogP contribution in [-0.2, 0) is 9.24 Å². The summed E-state index contributed by atoms with van der Waals surface area (Å²) < 4.78 is 23.4. The largest absolute Gasteiger partial charge is 0.305 e. The number of likely N-dealkylation sites (N-methyl/N-ethyl adjacent to an activating group) is 1. The van der Waals surface area contributed by atoms with Crippen molar-refractivity contribution in [1.29, 1.82) is 0 Å². The zero-order valence-corrected chi connectivity index (χ0v) is 9.64. The van der Waals surface area contributed by atoms with Crippen LogP contribution in [0.5, 0.6) is 0 Å². The van der Waals surface area contributed by atoms with Crippen LogP contribution in [0.2, 0.25) is 0 Å². The molecular formula is C7H15ClN2O2S. The molecule has 0 N–H and O–H groups in total. The van der Waals surface area contributed by atoms with Gasteiger partial charge >= 0.3 is 0 Å². The molecule has 0 aromatic carbocycles. The summed E-state index contributed by atoms with van der Waals surface area (Å²) in [6, 6.07) is 0.272. The first-order valence-electron chi connectivity index (χ1n) is 4.18. The predicted octanol–water partition coefficient (Wildman–Crippen LogP) is 0.352. The van der Waals surface area contributed by atoms with Gasteiger partial charge in [0.2, 0.25) is 0 Å². The number of rotatable bonds is 2. The number of hydrogen-bond donors (Lipinski definition) is 0. The normalized spacial score (nSPS) is 31.5. The third kappa shape index (κ3) is 2.56. The maximum absolute atomic E-state index is 11.0. The molecular weight excluding hydrogens is 212 g/mol. The van der Waals surface area contributed by atoms with Crippen LogP contribution in [0, 0.1) is 5.92 Å². The highest BCUT2D eigenvalue weighted by Crippen LogP contribution is 2.23. The van der Waals surface area contributed by atoms with Crippen molar-refractivity contribution in [2.75, 3.05) is 27.2 Å². The van der Waals surface area contributed by atoms with E-state index in [1.807, 2.05) is 25.9 Å². The minimum absolute atomic E-state index is 0.272. The molecule has 0 aromatic rings. The quantitative estimate of drug-likeness (QED) is 0.639. The SMILES string of the molecule is CC1CN(S(=O)(=O)Cl)CC1N(C)C. The zero-order chi connectivity index (χ0) is 10.2. The molecule has 1 aliphatic heterocycles. The highest BCUT2D eigenvalue weighted by atomic mass is 35.7. The van der Waals surface area contributed by atoms with Gasteiger partial charge in [0.1, 0.15) is 0 Å². The zero-order valence-electron chi connectivity index (χ0n) is 8.07. The summed E-state index contributed by atoms with van der Waals surface area (Å²) in [6.45, 7) is 3.06. The Bertz CT molecular complexity index is 278. The lowest BCUT2D eigenvalue weighted by Crippen LogP contribution is -2.34. The fourth-order valence-electron chi connectivity index (χ4n) is 1.76. The van der Waals surface area contributed by atoms with Gasteiger partial charge in [0.25, 0.3) is 9.24 Å². The Morgan fingerprint density at radius 1 is 1.38 bits per heavy atom. The molecule has 6 heteroatoms. The molecule has 0 amide bonds. The first kappa shape index (κ1) is 11.2. The maximum Gasteiger partial charge on any atom is 0.299 e. The smallest absolute Gasteiger partial charge is 0.299 e. The molecule has 1 fully saturated rings. The van der Waals surface area contributed by atoms with Crippen LogP contribution in [0.3, 0.4) is 0 Å². The van der Waals surface area contributed by atoms with E-state index in [-0.39, 0.29) is 6.04 Å². The summed E-state index contributed by atoms with van der Waals surface area (Å²) in [7, 11) is 5.63. The van der Waals surface area contributed by atoms with Crippen LogP contribution < -0.4 is 0 Å². The van der Waals surface area contributed by atoms with E-state index >= 15 is 0 Å². The summed E-state index contributed by atoms with van der Waals surface area (Å²) >= 11 is 0. The molecule has 4 nitrogen and oxygen atoms in total. The van der Waals surface area contributed by atoms with Gasteiger partial charge in [-0.2, -0.15) is 12.7 Å². The van der Waals surface area contributed by atoms with Crippen LogP contribution in [0.4, 0.5) is 0 Å². The highest BCUT2D eigenvalue weighted by Gasteiger charge is 2.36. The summed E-state index contributed by atoms with van der Waals surface area (Å²) in [5.74, 6) is 0.337. The van der Waals surface area contributed by atoms with Gasteiger partial charge in [-0.3, -0.25) is 0 Å². The lowest BCUT2D eigenvalue weighted by molar-refractivity contribution is 0.263. The molecule has 0 saturated carbocycles. The fraction of sp³-hybridized carbons (Fsp3) is 1.00. The first-order valence-corrected chi connectivity index (χ1v) is 6.45. The standard InChI is InChI=1S/C7H15ClN2O2S/c1-6-4-10(13(8,11)12)5-7(6)9(2)3/h6-7H,4-5H2,1-3H3. The van der Waals surface area contributed by atoms with E-state index in [2.05, 4.69) is 0 Å². The van der Waals surface area contributed by atoms with E-state index in [0.29, 0.717) is 19.0 Å². The molecule has 1 saturated heterocycles. The molecule has 0 bridgehead atoms. The second-order valence-corrected chi connectivity index (χ2v) is 6.28. The van der Waals surface area contributed by atoms with Crippen molar-refractivity contribution in [3.8, 4) is 0 Å². The van der Waals surface area contributed by atoms with Crippen molar-refractivity contribution in [2.45, 2.75) is 13.0 Å². The minimum atomic E-state index is -3.52. The molecule has 78 valence electrons. The van der Waals surface area contributed by atoms with E-state index in [0.717, 1.165) is 0 Å². The van der Waals surface area contributed by atoms with Crippen LogP contribution in [0.1, 0.15) is 6.92 Å².